The molecule has 2 heteroatoms. The third-order valence-electron chi connectivity index (χ3n) is 1.61. The van der Waals surface area contributed by atoms with Crippen LogP contribution in [0.3, 0.4) is 0 Å². The number of unbranched alkanes of at least 4 members (excludes halogenated alkanes) is 2. The molecule has 0 amide bonds. The fraction of sp³-hybridized carbons (Fsp3) is 0.778. The summed E-state index contributed by atoms with van der Waals surface area (Å²) >= 11 is 5.50. The normalized spacial score (nSPS) is 12.9. The van der Waals surface area contributed by atoms with Crippen molar-refractivity contribution >= 4 is 11.6 Å². The average Bonchev–Trinajstić information content (AvgIpc) is 1.99. The van der Waals surface area contributed by atoms with Gasteiger partial charge in [-0.1, -0.05) is 18.9 Å². The van der Waals surface area contributed by atoms with E-state index >= 15 is 0 Å². The van der Waals surface area contributed by atoms with Crippen LogP contribution in [0.4, 0.5) is 0 Å². The summed E-state index contributed by atoms with van der Waals surface area (Å²) in [6, 6.07) is 0. The molecule has 0 bridgehead atoms. The summed E-state index contributed by atoms with van der Waals surface area (Å²) in [5.74, 6) is 0.734. The monoisotopic (exact) mass is 176 g/mol. The van der Waals surface area contributed by atoms with E-state index in [0.29, 0.717) is 6.42 Å². The molecule has 0 radical (unpaired) electrons. The predicted molar refractivity (Wildman–Crippen MR) is 50.0 cm³/mol. The van der Waals surface area contributed by atoms with Crippen LogP contribution in [0.2, 0.25) is 0 Å². The first-order valence-electron chi connectivity index (χ1n) is 4.16. The summed E-state index contributed by atoms with van der Waals surface area (Å²) < 4.78 is 0. The van der Waals surface area contributed by atoms with E-state index in [9.17, 15) is 5.11 Å². The van der Waals surface area contributed by atoms with Gasteiger partial charge in [0.25, 0.3) is 0 Å². The van der Waals surface area contributed by atoms with Crippen molar-refractivity contribution < 1.29 is 5.11 Å². The first-order valence-corrected chi connectivity index (χ1v) is 4.69. The molecule has 1 N–H and O–H groups in total. The van der Waals surface area contributed by atoms with E-state index in [-0.39, 0.29) is 6.10 Å². The number of hydrogen-bond acceptors (Lipinski definition) is 1. The van der Waals surface area contributed by atoms with Crippen molar-refractivity contribution in [2.75, 3.05) is 5.88 Å². The molecule has 0 aromatic heterocycles. The Labute approximate surface area is 74.1 Å². The highest BCUT2D eigenvalue weighted by Gasteiger charge is 1.99. The second kappa shape index (κ2) is 8.09. The Kier molecular flexibility index (Phi) is 8.08. The molecular formula is C9H17ClO. The smallest absolute Gasteiger partial charge is 0.0574 e. The number of alkyl halides is 1. The van der Waals surface area contributed by atoms with Crippen LogP contribution in [-0.4, -0.2) is 17.1 Å². The lowest BCUT2D eigenvalue weighted by atomic mass is 10.1. The van der Waals surface area contributed by atoms with E-state index < -0.39 is 0 Å². The first-order chi connectivity index (χ1) is 5.31. The highest BCUT2D eigenvalue weighted by Crippen LogP contribution is 2.06. The van der Waals surface area contributed by atoms with Gasteiger partial charge in [0.1, 0.15) is 0 Å². The zero-order valence-corrected chi connectivity index (χ0v) is 7.69. The molecule has 11 heavy (non-hydrogen) atoms. The Bertz CT molecular complexity index is 93.6. The molecule has 1 nitrogen and oxygen atoms in total. The molecule has 0 aliphatic rings. The van der Waals surface area contributed by atoms with Gasteiger partial charge in [-0.2, -0.15) is 0 Å². The molecule has 0 saturated carbocycles. The maximum Gasteiger partial charge on any atom is 0.0574 e. The zero-order valence-electron chi connectivity index (χ0n) is 6.93. The molecule has 0 fully saturated rings. The molecule has 0 aliphatic carbocycles. The highest BCUT2D eigenvalue weighted by molar-refractivity contribution is 6.17. The highest BCUT2D eigenvalue weighted by atomic mass is 35.5. The Hall–Kier alpha value is -0.0100. The van der Waals surface area contributed by atoms with Crippen LogP contribution in [0, 0.1) is 0 Å². The van der Waals surface area contributed by atoms with Crippen molar-refractivity contribution in [3.8, 4) is 0 Å². The Morgan fingerprint density at radius 3 is 2.64 bits per heavy atom. The molecule has 0 aromatic rings. The predicted octanol–water partition coefficient (Wildman–Crippen LogP) is 2.72. The first kappa shape index (κ1) is 11.0. The lowest BCUT2D eigenvalue weighted by molar-refractivity contribution is 0.164. The average molecular weight is 177 g/mol. The van der Waals surface area contributed by atoms with E-state index in [1.54, 1.807) is 6.08 Å². The minimum absolute atomic E-state index is 0.192. The van der Waals surface area contributed by atoms with Gasteiger partial charge in [0, 0.05) is 5.88 Å². The van der Waals surface area contributed by atoms with Gasteiger partial charge in [0.2, 0.25) is 0 Å². The zero-order chi connectivity index (χ0) is 8.53. The molecule has 0 saturated heterocycles. The fourth-order valence-corrected chi connectivity index (χ4v) is 1.15. The largest absolute Gasteiger partial charge is 0.393 e. The van der Waals surface area contributed by atoms with Crippen molar-refractivity contribution in [2.45, 2.75) is 38.2 Å². The van der Waals surface area contributed by atoms with E-state index in [1.165, 1.54) is 0 Å². The summed E-state index contributed by atoms with van der Waals surface area (Å²) in [6.07, 6.45) is 6.40. The molecule has 1 unspecified atom stereocenters. The van der Waals surface area contributed by atoms with Crippen LogP contribution in [-0.2, 0) is 0 Å². The molecule has 0 spiro atoms. The summed E-state index contributed by atoms with van der Waals surface area (Å²) in [5.41, 5.74) is 0. The second-order valence-corrected chi connectivity index (χ2v) is 3.09. The topological polar surface area (TPSA) is 20.2 Å². The van der Waals surface area contributed by atoms with Crippen molar-refractivity contribution in [3.63, 3.8) is 0 Å². The maximum absolute atomic E-state index is 9.24. The van der Waals surface area contributed by atoms with Crippen LogP contribution in [0.1, 0.15) is 32.1 Å². The number of halogens is 1. The SMILES string of the molecule is C=CCC(O)CCCCCCl. The van der Waals surface area contributed by atoms with Crippen molar-refractivity contribution in [2.24, 2.45) is 0 Å². The van der Waals surface area contributed by atoms with Crippen molar-refractivity contribution in [3.05, 3.63) is 12.7 Å². The van der Waals surface area contributed by atoms with Crippen LogP contribution < -0.4 is 0 Å². The minimum atomic E-state index is -0.192. The van der Waals surface area contributed by atoms with E-state index in [2.05, 4.69) is 6.58 Å². The van der Waals surface area contributed by atoms with E-state index in [1.807, 2.05) is 0 Å². The lowest BCUT2D eigenvalue weighted by Gasteiger charge is -2.05. The van der Waals surface area contributed by atoms with Crippen LogP contribution in [0.25, 0.3) is 0 Å². The lowest BCUT2D eigenvalue weighted by Crippen LogP contribution is -2.03. The molecule has 0 rings (SSSR count). The van der Waals surface area contributed by atoms with Gasteiger partial charge in [-0.25, -0.2) is 0 Å². The van der Waals surface area contributed by atoms with Crippen molar-refractivity contribution in [1.82, 2.24) is 0 Å². The third-order valence-corrected chi connectivity index (χ3v) is 1.88. The fourth-order valence-electron chi connectivity index (χ4n) is 0.961. The number of aliphatic hydroxyl groups excluding tert-OH is 1. The van der Waals surface area contributed by atoms with Gasteiger partial charge in [0.05, 0.1) is 6.10 Å². The molecule has 0 heterocycles. The molecule has 0 aromatic carbocycles. The summed E-state index contributed by atoms with van der Waals surface area (Å²) in [6.45, 7) is 3.56. The maximum atomic E-state index is 9.24. The van der Waals surface area contributed by atoms with Crippen molar-refractivity contribution in [1.29, 1.82) is 0 Å². The van der Waals surface area contributed by atoms with Crippen LogP contribution in [0.5, 0.6) is 0 Å². The summed E-state index contributed by atoms with van der Waals surface area (Å²) in [4.78, 5) is 0. The molecule has 1 atom stereocenters. The van der Waals surface area contributed by atoms with E-state index in [0.717, 1.165) is 31.6 Å². The summed E-state index contributed by atoms with van der Waals surface area (Å²) in [7, 11) is 0. The van der Waals surface area contributed by atoms with Gasteiger partial charge >= 0.3 is 0 Å². The van der Waals surface area contributed by atoms with Gasteiger partial charge in [-0.05, 0) is 19.3 Å². The standard InChI is InChI=1S/C9H17ClO/c1-2-6-9(11)7-4-3-5-8-10/h2,9,11H,1,3-8H2. The van der Waals surface area contributed by atoms with Gasteiger partial charge in [-0.3, -0.25) is 0 Å². The Balaban J connectivity index is 3.03. The molecule has 0 aliphatic heterocycles. The Morgan fingerprint density at radius 1 is 1.36 bits per heavy atom. The second-order valence-electron chi connectivity index (χ2n) is 2.72. The minimum Gasteiger partial charge on any atom is -0.393 e. The number of rotatable bonds is 7. The van der Waals surface area contributed by atoms with Crippen LogP contribution in [0.15, 0.2) is 12.7 Å². The van der Waals surface area contributed by atoms with Crippen LogP contribution >= 0.6 is 11.6 Å². The van der Waals surface area contributed by atoms with Gasteiger partial charge in [-0.15, -0.1) is 18.2 Å². The van der Waals surface area contributed by atoms with E-state index in [4.69, 9.17) is 11.6 Å². The number of aliphatic hydroxyl groups is 1. The molecular weight excluding hydrogens is 160 g/mol. The summed E-state index contributed by atoms with van der Waals surface area (Å²) in [5, 5.41) is 9.24. The molecule has 66 valence electrons. The Morgan fingerprint density at radius 2 is 2.09 bits per heavy atom. The van der Waals surface area contributed by atoms with Gasteiger partial charge < -0.3 is 5.11 Å². The number of hydrogen-bond donors (Lipinski definition) is 1. The quantitative estimate of drug-likeness (QED) is 0.359. The third kappa shape index (κ3) is 7.89. The van der Waals surface area contributed by atoms with Gasteiger partial charge in [0.15, 0.2) is 0 Å².